The molecule has 1 heterocycles. The fraction of sp³-hybridized carbons (Fsp3) is 0.381. The van der Waals surface area contributed by atoms with Crippen molar-refractivity contribution in [1.82, 2.24) is 10.2 Å². The van der Waals surface area contributed by atoms with Gasteiger partial charge in [-0.2, -0.15) is 5.10 Å². The van der Waals surface area contributed by atoms with Crippen LogP contribution in [-0.4, -0.2) is 16.2 Å². The molecule has 3 aromatic rings. The number of rotatable bonds is 5. The Balaban J connectivity index is 1.26. The monoisotopic (exact) mass is 319 g/mol. The Bertz CT molecular complexity index is 770. The van der Waals surface area contributed by atoms with E-state index in [2.05, 4.69) is 64.0 Å². The van der Waals surface area contributed by atoms with Crippen LogP contribution in [0.25, 0.3) is 10.9 Å². The Labute approximate surface area is 143 Å². The molecule has 2 aromatic carbocycles. The number of hydrogen-bond acceptors (Lipinski definition) is 2. The zero-order valence-corrected chi connectivity index (χ0v) is 14.0. The standard InChI is InChI=1S/C21H25N3/c1-2-4-16(5-3-1)6-7-17-8-10-19(11-9-17)23-20-12-13-21-18(14-20)15-22-24-21/h1-5,12-15,17,19,23H,6-11H2,(H,22,24). The van der Waals surface area contributed by atoms with Crippen molar-refractivity contribution in [2.45, 2.75) is 44.6 Å². The van der Waals surface area contributed by atoms with Crippen molar-refractivity contribution < 1.29 is 0 Å². The molecule has 4 rings (SSSR count). The molecule has 0 aliphatic heterocycles. The minimum atomic E-state index is 0.613. The lowest BCUT2D eigenvalue weighted by Crippen LogP contribution is -2.26. The Kier molecular flexibility index (Phi) is 4.50. The first-order chi connectivity index (χ1) is 11.9. The number of fused-ring (bicyclic) bond motifs is 1. The SMILES string of the molecule is c1ccc(CCC2CCC(Nc3ccc4[nH]ncc4c3)CC2)cc1. The van der Waals surface area contributed by atoms with Crippen LogP contribution in [-0.2, 0) is 6.42 Å². The van der Waals surface area contributed by atoms with E-state index < -0.39 is 0 Å². The number of aromatic amines is 1. The van der Waals surface area contributed by atoms with Crippen LogP contribution in [0.4, 0.5) is 5.69 Å². The highest BCUT2D eigenvalue weighted by Gasteiger charge is 2.21. The van der Waals surface area contributed by atoms with Crippen LogP contribution >= 0.6 is 0 Å². The van der Waals surface area contributed by atoms with Gasteiger partial charge in [-0.25, -0.2) is 0 Å². The molecule has 1 aliphatic carbocycles. The Morgan fingerprint density at radius 3 is 2.67 bits per heavy atom. The van der Waals surface area contributed by atoms with E-state index in [4.69, 9.17) is 0 Å². The highest BCUT2D eigenvalue weighted by molar-refractivity contribution is 5.81. The van der Waals surface area contributed by atoms with Crippen molar-refractivity contribution in [2.75, 3.05) is 5.32 Å². The summed E-state index contributed by atoms with van der Waals surface area (Å²) in [5.41, 5.74) is 3.80. The molecule has 3 nitrogen and oxygen atoms in total. The fourth-order valence-electron chi connectivity index (χ4n) is 3.88. The predicted octanol–water partition coefficient (Wildman–Crippen LogP) is 5.17. The maximum absolute atomic E-state index is 4.09. The lowest BCUT2D eigenvalue weighted by molar-refractivity contribution is 0.321. The number of hydrogen-bond donors (Lipinski definition) is 2. The summed E-state index contributed by atoms with van der Waals surface area (Å²) in [6.07, 6.45) is 9.70. The first-order valence-electron chi connectivity index (χ1n) is 9.10. The van der Waals surface area contributed by atoms with E-state index in [1.165, 1.54) is 55.2 Å². The van der Waals surface area contributed by atoms with Gasteiger partial charge in [0, 0.05) is 17.1 Å². The molecule has 0 bridgehead atoms. The van der Waals surface area contributed by atoms with E-state index in [1.54, 1.807) is 0 Å². The first-order valence-corrected chi connectivity index (χ1v) is 9.10. The molecule has 0 unspecified atom stereocenters. The van der Waals surface area contributed by atoms with E-state index in [9.17, 15) is 0 Å². The Hall–Kier alpha value is -2.29. The normalized spacial score (nSPS) is 21.0. The van der Waals surface area contributed by atoms with Gasteiger partial charge in [0.05, 0.1) is 11.7 Å². The van der Waals surface area contributed by atoms with E-state index in [0.29, 0.717) is 6.04 Å². The number of H-pyrrole nitrogens is 1. The van der Waals surface area contributed by atoms with Gasteiger partial charge in [0.25, 0.3) is 0 Å². The molecule has 2 N–H and O–H groups in total. The minimum absolute atomic E-state index is 0.613. The average Bonchev–Trinajstić information content (AvgIpc) is 3.10. The quantitative estimate of drug-likeness (QED) is 0.681. The van der Waals surface area contributed by atoms with Gasteiger partial charge in [-0.3, -0.25) is 5.10 Å². The minimum Gasteiger partial charge on any atom is -0.382 e. The smallest absolute Gasteiger partial charge is 0.0651 e. The number of nitrogens with one attached hydrogen (secondary N) is 2. The molecule has 0 spiro atoms. The zero-order valence-electron chi connectivity index (χ0n) is 14.0. The fourth-order valence-corrected chi connectivity index (χ4v) is 3.88. The molecule has 0 atom stereocenters. The number of aromatic nitrogens is 2. The van der Waals surface area contributed by atoms with Crippen LogP contribution in [0.5, 0.6) is 0 Å². The molecule has 0 amide bonds. The molecule has 1 aromatic heterocycles. The molecule has 0 radical (unpaired) electrons. The first kappa shape index (κ1) is 15.3. The van der Waals surface area contributed by atoms with Gasteiger partial charge < -0.3 is 5.32 Å². The molecular formula is C21H25N3. The van der Waals surface area contributed by atoms with E-state index >= 15 is 0 Å². The molecular weight excluding hydrogens is 294 g/mol. The van der Waals surface area contributed by atoms with Gasteiger partial charge in [0.1, 0.15) is 0 Å². The van der Waals surface area contributed by atoms with Crippen molar-refractivity contribution in [1.29, 1.82) is 0 Å². The van der Waals surface area contributed by atoms with Crippen molar-refractivity contribution in [2.24, 2.45) is 5.92 Å². The number of benzene rings is 2. The van der Waals surface area contributed by atoms with Gasteiger partial charge in [-0.05, 0) is 68.2 Å². The highest BCUT2D eigenvalue weighted by atomic mass is 15.1. The van der Waals surface area contributed by atoms with Crippen LogP contribution < -0.4 is 5.32 Å². The van der Waals surface area contributed by atoms with Crippen LogP contribution in [0.2, 0.25) is 0 Å². The number of nitrogens with zero attached hydrogens (tertiary/aromatic N) is 1. The van der Waals surface area contributed by atoms with Gasteiger partial charge in [-0.1, -0.05) is 30.3 Å². The maximum Gasteiger partial charge on any atom is 0.0651 e. The predicted molar refractivity (Wildman–Crippen MR) is 100 cm³/mol. The van der Waals surface area contributed by atoms with Crippen LogP contribution in [0.3, 0.4) is 0 Å². The van der Waals surface area contributed by atoms with Gasteiger partial charge in [0.2, 0.25) is 0 Å². The lowest BCUT2D eigenvalue weighted by Gasteiger charge is -2.30. The molecule has 1 fully saturated rings. The molecule has 124 valence electrons. The summed E-state index contributed by atoms with van der Waals surface area (Å²) < 4.78 is 0. The maximum atomic E-state index is 4.09. The van der Waals surface area contributed by atoms with Crippen molar-refractivity contribution >= 4 is 16.6 Å². The third kappa shape index (κ3) is 3.61. The van der Waals surface area contributed by atoms with E-state index in [0.717, 1.165) is 11.4 Å². The Morgan fingerprint density at radius 2 is 1.83 bits per heavy atom. The summed E-state index contributed by atoms with van der Waals surface area (Å²) in [7, 11) is 0. The van der Waals surface area contributed by atoms with Crippen molar-refractivity contribution in [3.05, 3.63) is 60.3 Å². The number of aryl methyl sites for hydroxylation is 1. The molecule has 24 heavy (non-hydrogen) atoms. The van der Waals surface area contributed by atoms with Crippen molar-refractivity contribution in [3.63, 3.8) is 0 Å². The average molecular weight is 319 g/mol. The lowest BCUT2D eigenvalue weighted by atomic mass is 9.82. The second kappa shape index (κ2) is 7.08. The summed E-state index contributed by atoms with van der Waals surface area (Å²) in [6, 6.07) is 18.0. The van der Waals surface area contributed by atoms with E-state index in [-0.39, 0.29) is 0 Å². The van der Waals surface area contributed by atoms with Crippen LogP contribution in [0.15, 0.2) is 54.7 Å². The van der Waals surface area contributed by atoms with Gasteiger partial charge in [-0.15, -0.1) is 0 Å². The summed E-state index contributed by atoms with van der Waals surface area (Å²) in [4.78, 5) is 0. The van der Waals surface area contributed by atoms with E-state index in [1.807, 2.05) is 6.20 Å². The molecule has 0 saturated heterocycles. The summed E-state index contributed by atoms with van der Waals surface area (Å²) in [5, 5.41) is 12.0. The summed E-state index contributed by atoms with van der Waals surface area (Å²) >= 11 is 0. The second-order valence-electron chi connectivity index (χ2n) is 7.06. The third-order valence-electron chi connectivity index (χ3n) is 5.34. The van der Waals surface area contributed by atoms with Gasteiger partial charge >= 0.3 is 0 Å². The topological polar surface area (TPSA) is 40.7 Å². The largest absolute Gasteiger partial charge is 0.382 e. The Morgan fingerprint density at radius 1 is 1.00 bits per heavy atom. The van der Waals surface area contributed by atoms with Gasteiger partial charge in [0.15, 0.2) is 0 Å². The summed E-state index contributed by atoms with van der Waals surface area (Å²) in [6.45, 7) is 0. The summed E-state index contributed by atoms with van der Waals surface area (Å²) in [5.74, 6) is 0.889. The molecule has 1 saturated carbocycles. The van der Waals surface area contributed by atoms with Crippen molar-refractivity contribution in [3.8, 4) is 0 Å². The molecule has 1 aliphatic rings. The van der Waals surface area contributed by atoms with Crippen LogP contribution in [0.1, 0.15) is 37.7 Å². The highest BCUT2D eigenvalue weighted by Crippen LogP contribution is 2.30. The molecule has 3 heteroatoms. The zero-order chi connectivity index (χ0) is 16.2. The third-order valence-corrected chi connectivity index (χ3v) is 5.34. The number of anilines is 1. The van der Waals surface area contributed by atoms with Crippen LogP contribution in [0, 0.1) is 5.92 Å². The second-order valence-corrected chi connectivity index (χ2v) is 7.06.